The molecule has 1 aromatic rings. The van der Waals surface area contributed by atoms with Crippen molar-refractivity contribution in [3.05, 3.63) is 16.3 Å². The Morgan fingerprint density at radius 1 is 1.00 bits per heavy atom. The van der Waals surface area contributed by atoms with Crippen LogP contribution >= 0.6 is 11.6 Å². The molecule has 0 radical (unpaired) electrons. The predicted octanol–water partition coefficient (Wildman–Crippen LogP) is 2.24. The van der Waals surface area contributed by atoms with Gasteiger partial charge >= 0.3 is 0 Å². The Morgan fingerprint density at radius 2 is 1.68 bits per heavy atom. The lowest BCUT2D eigenvalue weighted by atomic mass is 10.2. The molecule has 6 heteroatoms. The monoisotopic (exact) mass is 287 g/mol. The number of hydrogen-bond acceptors (Lipinski definition) is 5. The molecule has 0 aliphatic heterocycles. The lowest BCUT2D eigenvalue weighted by Crippen LogP contribution is -2.31. The predicted molar refractivity (Wildman–Crippen MR) is 77.1 cm³/mol. The van der Waals surface area contributed by atoms with E-state index in [0.29, 0.717) is 11.8 Å². The molecule has 0 bridgehead atoms. The molecular formula is C13H22ClN3O2. The Hall–Kier alpha value is -0.910. The minimum absolute atomic E-state index is 0.463. The molecule has 0 aliphatic rings. The first-order valence-corrected chi connectivity index (χ1v) is 6.71. The van der Waals surface area contributed by atoms with Crippen molar-refractivity contribution in [2.75, 3.05) is 45.4 Å². The zero-order valence-electron chi connectivity index (χ0n) is 12.1. The molecule has 0 saturated carbocycles. The SMILES string of the molecule is COCCCN(CCOC)c1nnc(Cl)c(C)c1C. The molecular weight excluding hydrogens is 266 g/mol. The number of halogens is 1. The molecule has 1 rings (SSSR count). The van der Waals surface area contributed by atoms with E-state index in [0.717, 1.165) is 43.1 Å². The highest BCUT2D eigenvalue weighted by Crippen LogP contribution is 2.23. The summed E-state index contributed by atoms with van der Waals surface area (Å²) in [5.41, 5.74) is 2.04. The van der Waals surface area contributed by atoms with Crippen molar-refractivity contribution < 1.29 is 9.47 Å². The Labute approximate surface area is 119 Å². The summed E-state index contributed by atoms with van der Waals surface area (Å²) in [7, 11) is 3.40. The van der Waals surface area contributed by atoms with Crippen molar-refractivity contribution >= 4 is 17.4 Å². The largest absolute Gasteiger partial charge is 0.385 e. The lowest BCUT2D eigenvalue weighted by molar-refractivity contribution is 0.190. The molecule has 0 spiro atoms. The third kappa shape index (κ3) is 4.60. The summed E-state index contributed by atoms with van der Waals surface area (Å²) >= 11 is 5.98. The topological polar surface area (TPSA) is 47.5 Å². The van der Waals surface area contributed by atoms with Gasteiger partial charge in [-0.15, -0.1) is 10.2 Å². The molecule has 0 fully saturated rings. The molecule has 0 atom stereocenters. The van der Waals surface area contributed by atoms with Crippen LogP contribution in [-0.4, -0.2) is 50.7 Å². The van der Waals surface area contributed by atoms with Crippen LogP contribution in [0.15, 0.2) is 0 Å². The van der Waals surface area contributed by atoms with Crippen LogP contribution in [-0.2, 0) is 9.47 Å². The van der Waals surface area contributed by atoms with Crippen LogP contribution in [0.5, 0.6) is 0 Å². The average Bonchev–Trinajstić information content (AvgIpc) is 2.41. The second kappa shape index (κ2) is 8.30. The standard InChI is InChI=1S/C13H22ClN3O2/c1-10-11(2)13(16-15-12(10)14)17(7-9-19-4)6-5-8-18-3/h5-9H2,1-4H3. The maximum Gasteiger partial charge on any atom is 0.155 e. The Balaban J connectivity index is 2.86. The highest BCUT2D eigenvalue weighted by atomic mass is 35.5. The maximum absolute atomic E-state index is 5.98. The molecule has 0 N–H and O–H groups in total. The molecule has 0 saturated heterocycles. The zero-order valence-corrected chi connectivity index (χ0v) is 12.8. The van der Waals surface area contributed by atoms with Gasteiger partial charge in [-0.3, -0.25) is 0 Å². The molecule has 19 heavy (non-hydrogen) atoms. The Bertz CT molecular complexity index is 402. The number of aromatic nitrogens is 2. The smallest absolute Gasteiger partial charge is 0.155 e. The van der Waals surface area contributed by atoms with Gasteiger partial charge in [0, 0.05) is 33.9 Å². The van der Waals surface area contributed by atoms with Crippen molar-refractivity contribution in [2.45, 2.75) is 20.3 Å². The van der Waals surface area contributed by atoms with E-state index < -0.39 is 0 Å². The fourth-order valence-corrected chi connectivity index (χ4v) is 1.97. The minimum Gasteiger partial charge on any atom is -0.385 e. The molecule has 0 amide bonds. The molecule has 1 heterocycles. The first kappa shape index (κ1) is 16.1. The third-order valence-corrected chi connectivity index (χ3v) is 3.44. The van der Waals surface area contributed by atoms with Gasteiger partial charge in [0.05, 0.1) is 6.61 Å². The van der Waals surface area contributed by atoms with Crippen molar-refractivity contribution in [2.24, 2.45) is 0 Å². The highest BCUT2D eigenvalue weighted by molar-refractivity contribution is 6.30. The summed E-state index contributed by atoms with van der Waals surface area (Å²) in [4.78, 5) is 2.16. The van der Waals surface area contributed by atoms with Crippen LogP contribution in [0, 0.1) is 13.8 Å². The van der Waals surface area contributed by atoms with E-state index in [1.54, 1.807) is 14.2 Å². The second-order valence-corrected chi connectivity index (χ2v) is 4.75. The van der Waals surface area contributed by atoms with Gasteiger partial charge in [0.1, 0.15) is 0 Å². The van der Waals surface area contributed by atoms with Crippen LogP contribution < -0.4 is 4.90 Å². The van der Waals surface area contributed by atoms with Crippen molar-refractivity contribution in [3.63, 3.8) is 0 Å². The lowest BCUT2D eigenvalue weighted by Gasteiger charge is -2.25. The van der Waals surface area contributed by atoms with E-state index in [1.807, 2.05) is 13.8 Å². The van der Waals surface area contributed by atoms with Crippen LogP contribution in [0.25, 0.3) is 0 Å². The third-order valence-electron chi connectivity index (χ3n) is 3.08. The molecule has 0 aliphatic carbocycles. The summed E-state index contributed by atoms with van der Waals surface area (Å²) in [5.74, 6) is 0.870. The Morgan fingerprint density at radius 3 is 2.32 bits per heavy atom. The first-order valence-electron chi connectivity index (χ1n) is 6.34. The van der Waals surface area contributed by atoms with Crippen LogP contribution in [0.3, 0.4) is 0 Å². The van der Waals surface area contributed by atoms with E-state index in [2.05, 4.69) is 15.1 Å². The fourth-order valence-electron chi connectivity index (χ4n) is 1.79. The van der Waals surface area contributed by atoms with E-state index in [1.165, 1.54) is 0 Å². The van der Waals surface area contributed by atoms with Gasteiger partial charge in [-0.1, -0.05) is 11.6 Å². The summed E-state index contributed by atoms with van der Waals surface area (Å²) in [5, 5.41) is 8.68. The van der Waals surface area contributed by atoms with Crippen molar-refractivity contribution in [1.82, 2.24) is 10.2 Å². The molecule has 5 nitrogen and oxygen atoms in total. The van der Waals surface area contributed by atoms with E-state index in [-0.39, 0.29) is 0 Å². The van der Waals surface area contributed by atoms with Crippen molar-refractivity contribution in [3.8, 4) is 0 Å². The quantitative estimate of drug-likeness (QED) is 0.686. The van der Waals surface area contributed by atoms with E-state index in [9.17, 15) is 0 Å². The molecule has 108 valence electrons. The van der Waals surface area contributed by atoms with Gasteiger partial charge in [0.25, 0.3) is 0 Å². The van der Waals surface area contributed by atoms with Gasteiger partial charge in [-0.25, -0.2) is 0 Å². The number of hydrogen-bond donors (Lipinski definition) is 0. The maximum atomic E-state index is 5.98. The van der Waals surface area contributed by atoms with Gasteiger partial charge in [0.15, 0.2) is 11.0 Å². The number of anilines is 1. The summed E-state index contributed by atoms with van der Waals surface area (Å²) in [6.45, 7) is 6.98. The number of ether oxygens (including phenoxy) is 2. The normalized spacial score (nSPS) is 10.8. The van der Waals surface area contributed by atoms with Gasteiger partial charge in [-0.05, 0) is 31.4 Å². The summed E-state index contributed by atoms with van der Waals surface area (Å²) in [6, 6.07) is 0. The first-order chi connectivity index (χ1) is 9.11. The average molecular weight is 288 g/mol. The number of methoxy groups -OCH3 is 2. The highest BCUT2D eigenvalue weighted by Gasteiger charge is 2.14. The number of rotatable bonds is 8. The fraction of sp³-hybridized carbons (Fsp3) is 0.692. The van der Waals surface area contributed by atoms with Gasteiger partial charge in [0.2, 0.25) is 0 Å². The van der Waals surface area contributed by atoms with Crippen LogP contribution in [0.1, 0.15) is 17.5 Å². The zero-order chi connectivity index (χ0) is 14.3. The molecule has 0 unspecified atom stereocenters. The van der Waals surface area contributed by atoms with Gasteiger partial charge in [-0.2, -0.15) is 0 Å². The minimum atomic E-state index is 0.463. The van der Waals surface area contributed by atoms with E-state index >= 15 is 0 Å². The van der Waals surface area contributed by atoms with Gasteiger partial charge < -0.3 is 14.4 Å². The molecule has 1 aromatic heterocycles. The van der Waals surface area contributed by atoms with Crippen LogP contribution in [0.2, 0.25) is 5.15 Å². The van der Waals surface area contributed by atoms with Crippen molar-refractivity contribution in [1.29, 1.82) is 0 Å². The second-order valence-electron chi connectivity index (χ2n) is 4.39. The number of nitrogens with zero attached hydrogens (tertiary/aromatic N) is 3. The summed E-state index contributed by atoms with van der Waals surface area (Å²) in [6.07, 6.45) is 0.934. The van der Waals surface area contributed by atoms with Crippen LogP contribution in [0.4, 0.5) is 5.82 Å². The summed E-state index contributed by atoms with van der Waals surface area (Å²) < 4.78 is 10.2. The Kier molecular flexibility index (Phi) is 7.05. The molecule has 0 aromatic carbocycles. The van der Waals surface area contributed by atoms with E-state index in [4.69, 9.17) is 21.1 Å².